The summed E-state index contributed by atoms with van der Waals surface area (Å²) in [6, 6.07) is 15.7. The van der Waals surface area contributed by atoms with Gasteiger partial charge in [0.1, 0.15) is 17.3 Å². The molecule has 0 spiro atoms. The number of methoxy groups -OCH3 is 1. The molecule has 5 heteroatoms. The van der Waals surface area contributed by atoms with Crippen LogP contribution < -0.4 is 10.5 Å². The SMILES string of the molecule is COc1ccc(Cn2nc(C(=N)N)c3ccccc32)cc1. The minimum absolute atomic E-state index is 0.0142. The second-order valence-corrected chi connectivity index (χ2v) is 4.79. The fraction of sp³-hybridized carbons (Fsp3) is 0.125. The van der Waals surface area contributed by atoms with Crippen molar-refractivity contribution in [2.24, 2.45) is 5.73 Å². The molecule has 21 heavy (non-hydrogen) atoms. The molecule has 0 bridgehead atoms. The van der Waals surface area contributed by atoms with Crippen LogP contribution in [-0.2, 0) is 6.54 Å². The number of para-hydroxylation sites is 1. The van der Waals surface area contributed by atoms with Crippen molar-refractivity contribution in [2.75, 3.05) is 7.11 Å². The molecule has 0 radical (unpaired) electrons. The molecule has 0 amide bonds. The molecule has 0 aliphatic heterocycles. The first-order valence-electron chi connectivity index (χ1n) is 6.62. The van der Waals surface area contributed by atoms with Crippen LogP contribution in [0, 0.1) is 5.41 Å². The first-order chi connectivity index (χ1) is 10.2. The second-order valence-electron chi connectivity index (χ2n) is 4.79. The van der Waals surface area contributed by atoms with Crippen LogP contribution in [0.5, 0.6) is 5.75 Å². The van der Waals surface area contributed by atoms with Crippen molar-refractivity contribution >= 4 is 16.7 Å². The number of nitrogens with zero attached hydrogens (tertiary/aromatic N) is 2. The number of nitrogens with one attached hydrogen (secondary N) is 1. The highest BCUT2D eigenvalue weighted by molar-refractivity contribution is 6.05. The molecule has 0 atom stereocenters. The van der Waals surface area contributed by atoms with E-state index in [0.717, 1.165) is 22.2 Å². The van der Waals surface area contributed by atoms with E-state index in [9.17, 15) is 0 Å². The van der Waals surface area contributed by atoms with Crippen LogP contribution in [0.1, 0.15) is 11.3 Å². The molecule has 0 fully saturated rings. The van der Waals surface area contributed by atoms with E-state index < -0.39 is 0 Å². The van der Waals surface area contributed by atoms with Crippen LogP contribution in [0.4, 0.5) is 0 Å². The van der Waals surface area contributed by atoms with Crippen molar-refractivity contribution in [2.45, 2.75) is 6.54 Å². The summed E-state index contributed by atoms with van der Waals surface area (Å²) < 4.78 is 7.03. The maximum Gasteiger partial charge on any atom is 0.144 e. The molecule has 1 heterocycles. The highest BCUT2D eigenvalue weighted by Crippen LogP contribution is 2.20. The van der Waals surface area contributed by atoms with Gasteiger partial charge in [-0.25, -0.2) is 0 Å². The zero-order chi connectivity index (χ0) is 14.8. The Hall–Kier alpha value is -2.82. The number of hydrogen-bond acceptors (Lipinski definition) is 3. The van der Waals surface area contributed by atoms with E-state index in [0.29, 0.717) is 12.2 Å². The van der Waals surface area contributed by atoms with Gasteiger partial charge < -0.3 is 10.5 Å². The van der Waals surface area contributed by atoms with E-state index in [1.807, 2.05) is 53.2 Å². The lowest BCUT2D eigenvalue weighted by molar-refractivity contribution is 0.414. The van der Waals surface area contributed by atoms with E-state index in [4.69, 9.17) is 15.9 Å². The lowest BCUT2D eigenvalue weighted by Crippen LogP contribution is -2.13. The van der Waals surface area contributed by atoms with Gasteiger partial charge in [-0.15, -0.1) is 0 Å². The van der Waals surface area contributed by atoms with E-state index >= 15 is 0 Å². The number of amidine groups is 1. The quantitative estimate of drug-likeness (QED) is 0.569. The molecule has 3 N–H and O–H groups in total. The maximum absolute atomic E-state index is 7.65. The van der Waals surface area contributed by atoms with Crippen molar-refractivity contribution in [3.8, 4) is 5.75 Å². The van der Waals surface area contributed by atoms with Crippen molar-refractivity contribution < 1.29 is 4.74 Å². The fourth-order valence-electron chi connectivity index (χ4n) is 2.35. The monoisotopic (exact) mass is 280 g/mol. The van der Waals surface area contributed by atoms with Crippen LogP contribution in [0.25, 0.3) is 10.9 Å². The fourth-order valence-corrected chi connectivity index (χ4v) is 2.35. The largest absolute Gasteiger partial charge is 0.497 e. The summed E-state index contributed by atoms with van der Waals surface area (Å²) in [6.07, 6.45) is 0. The summed E-state index contributed by atoms with van der Waals surface area (Å²) in [5.41, 5.74) is 8.22. The van der Waals surface area contributed by atoms with Gasteiger partial charge in [0, 0.05) is 5.39 Å². The Labute approximate surface area is 122 Å². The number of rotatable bonds is 4. The van der Waals surface area contributed by atoms with Gasteiger partial charge >= 0.3 is 0 Å². The van der Waals surface area contributed by atoms with Crippen molar-refractivity contribution in [1.29, 1.82) is 5.41 Å². The summed E-state index contributed by atoms with van der Waals surface area (Å²) in [5, 5.41) is 13.0. The zero-order valence-corrected chi connectivity index (χ0v) is 11.7. The molecule has 2 aromatic carbocycles. The van der Waals surface area contributed by atoms with Gasteiger partial charge in [0.25, 0.3) is 0 Å². The molecular formula is C16H16N4O. The van der Waals surface area contributed by atoms with Gasteiger partial charge in [-0.1, -0.05) is 30.3 Å². The van der Waals surface area contributed by atoms with E-state index in [-0.39, 0.29) is 5.84 Å². The van der Waals surface area contributed by atoms with E-state index in [1.165, 1.54) is 0 Å². The third-order valence-electron chi connectivity index (χ3n) is 3.40. The summed E-state index contributed by atoms with van der Waals surface area (Å²) in [7, 11) is 1.65. The number of ether oxygens (including phenoxy) is 1. The minimum Gasteiger partial charge on any atom is -0.497 e. The van der Waals surface area contributed by atoms with Crippen molar-refractivity contribution in [1.82, 2.24) is 9.78 Å². The van der Waals surface area contributed by atoms with Crippen LogP contribution in [0.3, 0.4) is 0 Å². The smallest absolute Gasteiger partial charge is 0.144 e. The molecule has 0 saturated heterocycles. The lowest BCUT2D eigenvalue weighted by atomic mass is 10.2. The van der Waals surface area contributed by atoms with Crippen LogP contribution >= 0.6 is 0 Å². The Balaban J connectivity index is 2.01. The first-order valence-corrected chi connectivity index (χ1v) is 6.62. The summed E-state index contributed by atoms with van der Waals surface area (Å²) in [6.45, 7) is 0.623. The normalized spacial score (nSPS) is 10.7. The first kappa shape index (κ1) is 13.2. The molecule has 1 aromatic heterocycles. The standard InChI is InChI=1S/C16H16N4O/c1-21-12-8-6-11(7-9-12)10-20-14-5-3-2-4-13(14)15(19-20)16(17)18/h2-9H,10H2,1H3,(H3,17,18). The Kier molecular flexibility index (Phi) is 3.31. The molecule has 0 aliphatic carbocycles. The number of hydrogen-bond donors (Lipinski definition) is 2. The van der Waals surface area contributed by atoms with E-state index in [2.05, 4.69) is 5.10 Å². The highest BCUT2D eigenvalue weighted by Gasteiger charge is 2.12. The van der Waals surface area contributed by atoms with Gasteiger partial charge in [-0.2, -0.15) is 5.10 Å². The highest BCUT2D eigenvalue weighted by atomic mass is 16.5. The average Bonchev–Trinajstić information content (AvgIpc) is 2.87. The van der Waals surface area contributed by atoms with Crippen molar-refractivity contribution in [3.05, 3.63) is 59.8 Å². The zero-order valence-electron chi connectivity index (χ0n) is 11.7. The Bertz CT molecular complexity index is 790. The summed E-state index contributed by atoms with van der Waals surface area (Å²) >= 11 is 0. The third-order valence-corrected chi connectivity index (χ3v) is 3.40. The van der Waals surface area contributed by atoms with Crippen LogP contribution in [0.2, 0.25) is 0 Å². The number of benzene rings is 2. The average molecular weight is 280 g/mol. The Morgan fingerprint density at radius 2 is 1.90 bits per heavy atom. The van der Waals surface area contributed by atoms with Gasteiger partial charge in [-0.3, -0.25) is 10.1 Å². The summed E-state index contributed by atoms with van der Waals surface area (Å²) in [4.78, 5) is 0. The predicted octanol–water partition coefficient (Wildman–Crippen LogP) is 2.38. The van der Waals surface area contributed by atoms with Gasteiger partial charge in [0.2, 0.25) is 0 Å². The van der Waals surface area contributed by atoms with Crippen LogP contribution in [0.15, 0.2) is 48.5 Å². The third kappa shape index (κ3) is 2.45. The molecule has 3 rings (SSSR count). The van der Waals surface area contributed by atoms with E-state index in [1.54, 1.807) is 7.11 Å². The maximum atomic E-state index is 7.65. The van der Waals surface area contributed by atoms with Gasteiger partial charge in [-0.05, 0) is 23.8 Å². The molecule has 0 saturated carbocycles. The Morgan fingerprint density at radius 1 is 1.19 bits per heavy atom. The summed E-state index contributed by atoms with van der Waals surface area (Å²) in [5.74, 6) is 0.813. The van der Waals surface area contributed by atoms with Gasteiger partial charge in [0.05, 0.1) is 19.2 Å². The minimum atomic E-state index is -0.0142. The van der Waals surface area contributed by atoms with Crippen LogP contribution in [-0.4, -0.2) is 22.7 Å². The molecule has 106 valence electrons. The van der Waals surface area contributed by atoms with Crippen molar-refractivity contribution in [3.63, 3.8) is 0 Å². The molecule has 5 nitrogen and oxygen atoms in total. The number of fused-ring (bicyclic) bond motifs is 1. The molecule has 0 aliphatic rings. The topological polar surface area (TPSA) is 76.9 Å². The molecule has 0 unspecified atom stereocenters. The predicted molar refractivity (Wildman–Crippen MR) is 82.8 cm³/mol. The van der Waals surface area contributed by atoms with Gasteiger partial charge in [0.15, 0.2) is 0 Å². The Morgan fingerprint density at radius 3 is 2.57 bits per heavy atom. The molecule has 3 aromatic rings. The lowest BCUT2D eigenvalue weighted by Gasteiger charge is -2.05. The molecular weight excluding hydrogens is 264 g/mol. The number of nitrogens with two attached hydrogens (primary N) is 1. The second kappa shape index (κ2) is 5.28. The number of nitrogen functional groups attached to an aromatic ring is 1. The number of aromatic nitrogens is 2.